The van der Waals surface area contributed by atoms with Crippen molar-refractivity contribution in [2.75, 3.05) is 13.7 Å². The van der Waals surface area contributed by atoms with Crippen molar-refractivity contribution < 1.29 is 14.9 Å². The maximum atomic E-state index is 9.44. The lowest BCUT2D eigenvalue weighted by Gasteiger charge is -2.07. The molecule has 0 atom stereocenters. The number of phenolic OH excluding ortho intramolecular Hbond substituents is 1. The van der Waals surface area contributed by atoms with Gasteiger partial charge in [0.1, 0.15) is 0 Å². The molecule has 14 heavy (non-hydrogen) atoms. The third-order valence-electron chi connectivity index (χ3n) is 1.93. The van der Waals surface area contributed by atoms with Crippen molar-refractivity contribution in [3.8, 4) is 11.5 Å². The molecule has 78 valence electrons. The summed E-state index contributed by atoms with van der Waals surface area (Å²) < 4.78 is 4.95. The molecule has 0 amide bonds. The number of benzene rings is 1. The molecule has 0 unspecified atom stereocenters. The Balaban J connectivity index is 2.91. The van der Waals surface area contributed by atoms with Crippen molar-refractivity contribution in [1.82, 2.24) is 0 Å². The van der Waals surface area contributed by atoms with E-state index in [1.165, 1.54) is 7.11 Å². The van der Waals surface area contributed by atoms with Gasteiger partial charge in [-0.25, -0.2) is 0 Å². The highest BCUT2D eigenvalue weighted by atomic mass is 35.5. The topological polar surface area (TPSA) is 49.7 Å². The number of ether oxygens (including phenoxy) is 1. The van der Waals surface area contributed by atoms with Crippen LogP contribution in [0.25, 0.3) is 0 Å². The van der Waals surface area contributed by atoms with E-state index >= 15 is 0 Å². The van der Waals surface area contributed by atoms with Crippen LogP contribution in [0, 0.1) is 0 Å². The summed E-state index contributed by atoms with van der Waals surface area (Å²) >= 11 is 5.78. The Labute approximate surface area is 87.9 Å². The van der Waals surface area contributed by atoms with Crippen LogP contribution < -0.4 is 4.74 Å². The van der Waals surface area contributed by atoms with Gasteiger partial charge in [0, 0.05) is 6.61 Å². The highest BCUT2D eigenvalue weighted by Gasteiger charge is 2.08. The number of hydrogen-bond donors (Lipinski definition) is 2. The summed E-state index contributed by atoms with van der Waals surface area (Å²) in [6, 6.07) is 3.39. The normalized spacial score (nSPS) is 10.2. The Bertz CT molecular complexity index is 312. The molecule has 0 aromatic heterocycles. The van der Waals surface area contributed by atoms with Crippen LogP contribution in [0.1, 0.15) is 12.0 Å². The lowest BCUT2D eigenvalue weighted by molar-refractivity contribution is 0.288. The van der Waals surface area contributed by atoms with Gasteiger partial charge in [0.25, 0.3) is 0 Å². The minimum atomic E-state index is -0.0399. The monoisotopic (exact) mass is 216 g/mol. The van der Waals surface area contributed by atoms with E-state index < -0.39 is 0 Å². The Morgan fingerprint density at radius 3 is 2.71 bits per heavy atom. The number of aliphatic hydroxyl groups is 1. The maximum absolute atomic E-state index is 9.44. The van der Waals surface area contributed by atoms with E-state index in [-0.39, 0.29) is 17.4 Å². The Hall–Kier alpha value is -0.930. The van der Waals surface area contributed by atoms with Gasteiger partial charge in [0.15, 0.2) is 11.5 Å². The Morgan fingerprint density at radius 2 is 2.14 bits per heavy atom. The number of aromatic hydroxyl groups is 1. The summed E-state index contributed by atoms with van der Waals surface area (Å²) in [5, 5.41) is 18.4. The van der Waals surface area contributed by atoms with Crippen LogP contribution in [0.15, 0.2) is 12.1 Å². The smallest absolute Gasteiger partial charge is 0.176 e. The molecule has 0 aliphatic rings. The third-order valence-corrected chi connectivity index (χ3v) is 2.22. The fourth-order valence-electron chi connectivity index (χ4n) is 1.21. The van der Waals surface area contributed by atoms with E-state index in [0.29, 0.717) is 18.6 Å². The Kier molecular flexibility index (Phi) is 4.04. The molecule has 0 spiro atoms. The summed E-state index contributed by atoms with van der Waals surface area (Å²) in [4.78, 5) is 0. The van der Waals surface area contributed by atoms with Gasteiger partial charge < -0.3 is 14.9 Å². The maximum Gasteiger partial charge on any atom is 0.176 e. The number of phenols is 1. The van der Waals surface area contributed by atoms with Gasteiger partial charge in [-0.2, -0.15) is 0 Å². The van der Waals surface area contributed by atoms with E-state index in [1.807, 2.05) is 0 Å². The van der Waals surface area contributed by atoms with Crippen LogP contribution in [-0.4, -0.2) is 23.9 Å². The van der Waals surface area contributed by atoms with E-state index in [2.05, 4.69) is 0 Å². The average Bonchev–Trinajstić information content (AvgIpc) is 2.19. The van der Waals surface area contributed by atoms with Crippen molar-refractivity contribution in [3.05, 3.63) is 22.7 Å². The molecule has 0 bridgehead atoms. The third kappa shape index (κ3) is 2.53. The molecule has 0 fully saturated rings. The second-order valence-electron chi connectivity index (χ2n) is 2.96. The van der Waals surface area contributed by atoms with Gasteiger partial charge in [0.05, 0.1) is 12.1 Å². The van der Waals surface area contributed by atoms with Gasteiger partial charge in [0.2, 0.25) is 0 Å². The number of aliphatic hydroxyl groups excluding tert-OH is 1. The van der Waals surface area contributed by atoms with Crippen LogP contribution >= 0.6 is 11.6 Å². The van der Waals surface area contributed by atoms with Crippen LogP contribution in [0.3, 0.4) is 0 Å². The predicted octanol–water partition coefficient (Wildman–Crippen LogP) is 1.98. The highest BCUT2D eigenvalue weighted by Crippen LogP contribution is 2.35. The number of rotatable bonds is 4. The molecule has 2 N–H and O–H groups in total. The van der Waals surface area contributed by atoms with Crippen molar-refractivity contribution in [3.63, 3.8) is 0 Å². The summed E-state index contributed by atoms with van der Waals surface area (Å²) in [7, 11) is 1.47. The summed E-state index contributed by atoms with van der Waals surface area (Å²) in [6.45, 7) is 0.140. The summed E-state index contributed by atoms with van der Waals surface area (Å²) in [6.07, 6.45) is 1.39. The second kappa shape index (κ2) is 5.08. The zero-order valence-electron chi connectivity index (χ0n) is 7.96. The molecule has 0 radical (unpaired) electrons. The molecule has 1 aromatic rings. The van der Waals surface area contributed by atoms with Crippen LogP contribution in [-0.2, 0) is 6.42 Å². The van der Waals surface area contributed by atoms with E-state index in [4.69, 9.17) is 21.4 Å². The molecular formula is C10H13ClO3. The summed E-state index contributed by atoms with van der Waals surface area (Å²) in [5.41, 5.74) is 0.943. The molecule has 1 rings (SSSR count). The van der Waals surface area contributed by atoms with E-state index in [9.17, 15) is 5.11 Å². The zero-order chi connectivity index (χ0) is 10.6. The standard InChI is InChI=1S/C10H13ClO3/c1-14-9-6-7(3-2-4-12)5-8(11)10(9)13/h5-6,12-13H,2-4H2,1H3. The SMILES string of the molecule is COc1cc(CCCO)cc(Cl)c1O. The lowest BCUT2D eigenvalue weighted by atomic mass is 10.1. The predicted molar refractivity (Wildman–Crippen MR) is 55.1 cm³/mol. The average molecular weight is 217 g/mol. The van der Waals surface area contributed by atoms with Crippen LogP contribution in [0.2, 0.25) is 5.02 Å². The molecular weight excluding hydrogens is 204 g/mol. The first-order chi connectivity index (χ1) is 6.69. The minimum absolute atomic E-state index is 0.0399. The number of halogens is 1. The highest BCUT2D eigenvalue weighted by molar-refractivity contribution is 6.32. The van der Waals surface area contributed by atoms with Crippen molar-refractivity contribution >= 4 is 11.6 Å². The lowest BCUT2D eigenvalue weighted by Crippen LogP contribution is -1.92. The van der Waals surface area contributed by atoms with Crippen molar-refractivity contribution in [2.45, 2.75) is 12.8 Å². The Morgan fingerprint density at radius 1 is 1.43 bits per heavy atom. The molecule has 0 saturated heterocycles. The molecule has 0 aliphatic heterocycles. The van der Waals surface area contributed by atoms with Crippen molar-refractivity contribution in [1.29, 1.82) is 0 Å². The van der Waals surface area contributed by atoms with Gasteiger partial charge in [-0.15, -0.1) is 0 Å². The molecule has 0 aliphatic carbocycles. The van der Waals surface area contributed by atoms with Gasteiger partial charge in [-0.05, 0) is 30.5 Å². The minimum Gasteiger partial charge on any atom is -0.503 e. The number of aryl methyl sites for hydroxylation is 1. The second-order valence-corrected chi connectivity index (χ2v) is 3.36. The molecule has 3 nitrogen and oxygen atoms in total. The molecule has 1 aromatic carbocycles. The number of methoxy groups -OCH3 is 1. The van der Waals surface area contributed by atoms with Crippen molar-refractivity contribution in [2.24, 2.45) is 0 Å². The van der Waals surface area contributed by atoms with Gasteiger partial charge in [-0.3, -0.25) is 0 Å². The van der Waals surface area contributed by atoms with Crippen LogP contribution in [0.5, 0.6) is 11.5 Å². The zero-order valence-corrected chi connectivity index (χ0v) is 8.71. The summed E-state index contributed by atoms with van der Waals surface area (Å²) in [5.74, 6) is 0.326. The first-order valence-electron chi connectivity index (χ1n) is 4.35. The van der Waals surface area contributed by atoms with E-state index in [1.54, 1.807) is 12.1 Å². The first kappa shape index (κ1) is 11.1. The quantitative estimate of drug-likeness (QED) is 0.809. The van der Waals surface area contributed by atoms with E-state index in [0.717, 1.165) is 5.56 Å². The van der Waals surface area contributed by atoms with Crippen LogP contribution in [0.4, 0.5) is 0 Å². The fourth-order valence-corrected chi connectivity index (χ4v) is 1.44. The molecule has 0 heterocycles. The number of hydrogen-bond acceptors (Lipinski definition) is 3. The molecule has 4 heteroatoms. The fraction of sp³-hybridized carbons (Fsp3) is 0.400. The largest absolute Gasteiger partial charge is 0.503 e. The molecule has 0 saturated carbocycles. The van der Waals surface area contributed by atoms with Gasteiger partial charge in [-0.1, -0.05) is 11.6 Å². The van der Waals surface area contributed by atoms with Gasteiger partial charge >= 0.3 is 0 Å². The first-order valence-corrected chi connectivity index (χ1v) is 4.73.